The maximum absolute atomic E-state index is 3.59. The highest BCUT2D eigenvalue weighted by Gasteiger charge is 2.38. The van der Waals surface area contributed by atoms with E-state index in [-0.39, 0.29) is 24.8 Å². The van der Waals surface area contributed by atoms with E-state index in [1.807, 2.05) is 0 Å². The molecule has 3 fully saturated rings. The summed E-state index contributed by atoms with van der Waals surface area (Å²) in [5.41, 5.74) is 0. The Kier molecular flexibility index (Phi) is 5.17. The van der Waals surface area contributed by atoms with Gasteiger partial charge < -0.3 is 5.32 Å². The minimum Gasteiger partial charge on any atom is -0.316 e. The number of nitrogens with one attached hydrogen (secondary N) is 1. The van der Waals surface area contributed by atoms with Crippen LogP contribution in [-0.4, -0.2) is 37.1 Å². The molecular weight excluding hydrogens is 231 g/mol. The van der Waals surface area contributed by atoms with Crippen LogP contribution in [0.2, 0.25) is 0 Å². The topological polar surface area (TPSA) is 15.3 Å². The summed E-state index contributed by atoms with van der Waals surface area (Å²) in [5, 5.41) is 3.59. The summed E-state index contributed by atoms with van der Waals surface area (Å²) in [5.74, 6) is 1.95. The SMILES string of the molecule is C1CCN2C[C@H]3CNC[C@H](C3)[C@@H]2C1.Cl.Cl. The van der Waals surface area contributed by atoms with Crippen LogP contribution < -0.4 is 5.32 Å². The van der Waals surface area contributed by atoms with Gasteiger partial charge in [-0.3, -0.25) is 4.90 Å². The molecule has 0 aromatic rings. The molecule has 3 saturated heterocycles. The van der Waals surface area contributed by atoms with Crippen molar-refractivity contribution in [1.82, 2.24) is 10.2 Å². The minimum atomic E-state index is 0. The average molecular weight is 253 g/mol. The number of halogens is 2. The number of fused-ring (bicyclic) bond motifs is 4. The van der Waals surface area contributed by atoms with Gasteiger partial charge in [0.2, 0.25) is 0 Å². The maximum Gasteiger partial charge on any atom is 0.0136 e. The summed E-state index contributed by atoms with van der Waals surface area (Å²) in [6.07, 6.45) is 5.90. The fourth-order valence-corrected chi connectivity index (χ4v) is 3.61. The number of nitrogens with zero attached hydrogens (tertiary/aromatic N) is 1. The van der Waals surface area contributed by atoms with Crippen molar-refractivity contribution < 1.29 is 0 Å². The van der Waals surface area contributed by atoms with Gasteiger partial charge in [0.1, 0.15) is 0 Å². The monoisotopic (exact) mass is 252 g/mol. The van der Waals surface area contributed by atoms with Crippen molar-refractivity contribution in [3.05, 3.63) is 0 Å². The third-order valence-electron chi connectivity index (χ3n) is 4.18. The van der Waals surface area contributed by atoms with Crippen LogP contribution in [0.3, 0.4) is 0 Å². The van der Waals surface area contributed by atoms with Gasteiger partial charge in [0.05, 0.1) is 0 Å². The van der Waals surface area contributed by atoms with Gasteiger partial charge in [-0.1, -0.05) is 6.42 Å². The fourth-order valence-electron chi connectivity index (χ4n) is 3.61. The smallest absolute Gasteiger partial charge is 0.0136 e. The first kappa shape index (κ1) is 13.6. The second-order valence-electron chi connectivity index (χ2n) is 5.08. The Balaban J connectivity index is 0.000000562. The zero-order valence-corrected chi connectivity index (χ0v) is 10.8. The van der Waals surface area contributed by atoms with Gasteiger partial charge in [-0.15, -0.1) is 24.8 Å². The van der Waals surface area contributed by atoms with E-state index < -0.39 is 0 Å². The summed E-state index contributed by atoms with van der Waals surface area (Å²) in [6, 6.07) is 0.942. The Morgan fingerprint density at radius 3 is 2.80 bits per heavy atom. The van der Waals surface area contributed by atoms with Crippen molar-refractivity contribution in [2.45, 2.75) is 31.7 Å². The maximum atomic E-state index is 3.59. The molecule has 3 heterocycles. The van der Waals surface area contributed by atoms with E-state index in [1.54, 1.807) is 0 Å². The van der Waals surface area contributed by atoms with Gasteiger partial charge in [-0.05, 0) is 50.7 Å². The molecular formula is C11H22Cl2N2. The lowest BCUT2D eigenvalue weighted by molar-refractivity contribution is 0.0109. The van der Waals surface area contributed by atoms with Gasteiger partial charge in [0, 0.05) is 12.6 Å². The third-order valence-corrected chi connectivity index (χ3v) is 4.18. The molecule has 3 atom stereocenters. The molecule has 15 heavy (non-hydrogen) atoms. The van der Waals surface area contributed by atoms with Crippen molar-refractivity contribution in [1.29, 1.82) is 0 Å². The second-order valence-corrected chi connectivity index (χ2v) is 5.08. The first-order valence-corrected chi connectivity index (χ1v) is 5.88. The summed E-state index contributed by atoms with van der Waals surface area (Å²) >= 11 is 0. The summed E-state index contributed by atoms with van der Waals surface area (Å²) in [4.78, 5) is 2.78. The Morgan fingerprint density at radius 2 is 1.93 bits per heavy atom. The predicted octanol–water partition coefficient (Wildman–Crippen LogP) is 1.92. The lowest BCUT2D eigenvalue weighted by Gasteiger charge is -2.50. The standard InChI is InChI=1S/C11H20N2.2ClH/c1-2-4-13-8-9-5-10(7-12-6-9)11(13)3-1;;/h9-12H,1-8H2;2*1H/t9-,10+,11+;;/m1../s1. The van der Waals surface area contributed by atoms with E-state index in [0.717, 1.165) is 17.9 Å². The van der Waals surface area contributed by atoms with Crippen molar-refractivity contribution in [3.63, 3.8) is 0 Å². The lowest BCUT2D eigenvalue weighted by atomic mass is 9.77. The fraction of sp³-hybridized carbons (Fsp3) is 1.00. The van der Waals surface area contributed by atoms with Crippen LogP contribution >= 0.6 is 24.8 Å². The quantitative estimate of drug-likeness (QED) is 0.709. The van der Waals surface area contributed by atoms with E-state index >= 15 is 0 Å². The predicted molar refractivity (Wildman–Crippen MR) is 68.2 cm³/mol. The number of rotatable bonds is 0. The van der Waals surface area contributed by atoms with Gasteiger partial charge in [-0.2, -0.15) is 0 Å². The first-order chi connectivity index (χ1) is 6.43. The molecule has 3 aliphatic heterocycles. The molecule has 0 aromatic carbocycles. The molecule has 0 amide bonds. The van der Waals surface area contributed by atoms with E-state index in [2.05, 4.69) is 10.2 Å². The van der Waals surface area contributed by atoms with Gasteiger partial charge in [0.15, 0.2) is 0 Å². The van der Waals surface area contributed by atoms with E-state index in [9.17, 15) is 0 Å². The second kappa shape index (κ2) is 5.72. The molecule has 1 N–H and O–H groups in total. The van der Waals surface area contributed by atoms with Crippen LogP contribution in [0, 0.1) is 11.8 Å². The third kappa shape index (κ3) is 2.60. The van der Waals surface area contributed by atoms with Gasteiger partial charge >= 0.3 is 0 Å². The molecule has 2 nitrogen and oxygen atoms in total. The molecule has 0 unspecified atom stereocenters. The van der Waals surface area contributed by atoms with Crippen LogP contribution in [0.15, 0.2) is 0 Å². The Bertz CT molecular complexity index is 197. The minimum absolute atomic E-state index is 0. The van der Waals surface area contributed by atoms with Crippen molar-refractivity contribution >= 4 is 24.8 Å². The highest BCUT2D eigenvalue weighted by molar-refractivity contribution is 5.85. The molecule has 3 rings (SSSR count). The molecule has 0 spiro atoms. The number of piperidine rings is 3. The van der Waals surface area contributed by atoms with Crippen LogP contribution in [-0.2, 0) is 0 Å². The Hall–Kier alpha value is 0.500. The molecule has 90 valence electrons. The van der Waals surface area contributed by atoms with Crippen LogP contribution in [0.5, 0.6) is 0 Å². The molecule has 0 saturated carbocycles. The summed E-state index contributed by atoms with van der Waals surface area (Å²) in [7, 11) is 0. The van der Waals surface area contributed by atoms with Crippen molar-refractivity contribution in [2.24, 2.45) is 11.8 Å². The average Bonchev–Trinajstić information content (AvgIpc) is 2.18. The molecule has 0 radical (unpaired) electrons. The number of hydrogen-bond acceptors (Lipinski definition) is 2. The van der Waals surface area contributed by atoms with Crippen LogP contribution in [0.1, 0.15) is 25.7 Å². The highest BCUT2D eigenvalue weighted by atomic mass is 35.5. The number of hydrogen-bond donors (Lipinski definition) is 1. The van der Waals surface area contributed by atoms with Crippen LogP contribution in [0.25, 0.3) is 0 Å². The Labute approximate surface area is 105 Å². The van der Waals surface area contributed by atoms with Crippen LogP contribution in [0.4, 0.5) is 0 Å². The summed E-state index contributed by atoms with van der Waals surface area (Å²) < 4.78 is 0. The van der Waals surface area contributed by atoms with Crippen molar-refractivity contribution in [2.75, 3.05) is 26.2 Å². The zero-order chi connectivity index (χ0) is 8.67. The molecule has 0 aromatic heterocycles. The molecule has 3 aliphatic rings. The van der Waals surface area contributed by atoms with E-state index in [0.29, 0.717) is 0 Å². The Morgan fingerprint density at radius 1 is 1.07 bits per heavy atom. The zero-order valence-electron chi connectivity index (χ0n) is 9.15. The molecule has 4 heteroatoms. The lowest BCUT2D eigenvalue weighted by Crippen LogP contribution is -2.58. The summed E-state index contributed by atoms with van der Waals surface area (Å²) in [6.45, 7) is 5.34. The van der Waals surface area contributed by atoms with Crippen molar-refractivity contribution in [3.8, 4) is 0 Å². The highest BCUT2D eigenvalue weighted by Crippen LogP contribution is 2.34. The first-order valence-electron chi connectivity index (χ1n) is 5.88. The van der Waals surface area contributed by atoms with E-state index in [4.69, 9.17) is 0 Å². The normalized spacial score (nSPS) is 39.6. The van der Waals surface area contributed by atoms with Gasteiger partial charge in [0.25, 0.3) is 0 Å². The molecule has 0 aliphatic carbocycles. The van der Waals surface area contributed by atoms with Gasteiger partial charge in [-0.25, -0.2) is 0 Å². The largest absolute Gasteiger partial charge is 0.316 e. The molecule has 2 bridgehead atoms. The van der Waals surface area contributed by atoms with E-state index in [1.165, 1.54) is 51.9 Å².